The number of carbonyl (C=O) groups excluding carboxylic acids is 1. The summed E-state index contributed by atoms with van der Waals surface area (Å²) < 4.78 is 33.9. The van der Waals surface area contributed by atoms with Crippen LogP contribution in [0.2, 0.25) is 5.02 Å². The fraction of sp³-hybridized carbons (Fsp3) is 0.211. The second kappa shape index (κ2) is 15.3. The third-order valence-electron chi connectivity index (χ3n) is 8.84. The van der Waals surface area contributed by atoms with E-state index in [9.17, 15) is 13.2 Å². The average Bonchev–Trinajstić information content (AvgIpc) is 3.56. The molecule has 6 aromatic rings. The molecule has 3 N–H and O–H groups in total. The van der Waals surface area contributed by atoms with Gasteiger partial charge in [-0.25, -0.2) is 27.2 Å². The molecule has 3 aromatic carbocycles. The van der Waals surface area contributed by atoms with Crippen LogP contribution >= 0.6 is 11.6 Å². The molecule has 1 amide bonds. The lowest BCUT2D eigenvalue weighted by atomic mass is 9.91. The first-order valence-electron chi connectivity index (χ1n) is 16.7. The number of amides is 1. The van der Waals surface area contributed by atoms with Crippen LogP contribution in [0.1, 0.15) is 36.9 Å². The molecule has 0 radical (unpaired) electrons. The number of halogens is 1. The Labute approximate surface area is 301 Å². The van der Waals surface area contributed by atoms with E-state index in [1.54, 1.807) is 61.1 Å². The van der Waals surface area contributed by atoms with E-state index in [0.29, 0.717) is 45.4 Å². The van der Waals surface area contributed by atoms with Crippen LogP contribution in [0.3, 0.4) is 0 Å². The summed E-state index contributed by atoms with van der Waals surface area (Å²) in [6.07, 6.45) is 8.06. The van der Waals surface area contributed by atoms with E-state index >= 15 is 0 Å². The number of hydrogen-bond acceptors (Lipinski definition) is 9. The first-order chi connectivity index (χ1) is 24.8. The lowest BCUT2D eigenvalue weighted by Gasteiger charge is -2.30. The van der Waals surface area contributed by atoms with Gasteiger partial charge in [0.15, 0.2) is 0 Å². The topological polar surface area (TPSA) is 140 Å². The van der Waals surface area contributed by atoms with Crippen LogP contribution < -0.4 is 16.0 Å². The van der Waals surface area contributed by atoms with Crippen molar-refractivity contribution in [1.29, 1.82) is 0 Å². The zero-order valence-electron chi connectivity index (χ0n) is 27.6. The lowest BCUT2D eigenvalue weighted by molar-refractivity contribution is 0.155. The summed E-state index contributed by atoms with van der Waals surface area (Å²) >= 11 is 6.65. The second-order valence-corrected chi connectivity index (χ2v) is 14.6. The van der Waals surface area contributed by atoms with Gasteiger partial charge in [-0.15, -0.1) is 0 Å². The van der Waals surface area contributed by atoms with Crippen LogP contribution in [0.25, 0.3) is 22.2 Å². The number of nitrogens with one attached hydrogen (secondary N) is 3. The van der Waals surface area contributed by atoms with Crippen LogP contribution in [0.15, 0.2) is 121 Å². The standard InChI is InChI=1S/C38H36ClN7O4S/c39-34-23-42-37(45-36(34)33-24-46(35-17-8-7-16-32(33)35)51(48,49)31-14-5-2-6-15-31)43-28-13-9-12-27(20-28)40-21-29-18-19-30(22-41-29)44-38(47)50-25-26-10-3-1-4-11-26/h1-8,10-11,14-19,22-24,27-28,40H,9,12-13,20-21,25H2,(H,44,47)(H,42,43,45)/t27-,28+/m0/s1. The van der Waals surface area contributed by atoms with Crippen LogP contribution in [-0.4, -0.2) is 45.5 Å². The van der Waals surface area contributed by atoms with E-state index in [0.717, 1.165) is 36.9 Å². The predicted octanol–water partition coefficient (Wildman–Crippen LogP) is 7.65. The third kappa shape index (κ3) is 8.04. The third-order valence-corrected chi connectivity index (χ3v) is 10.8. The Kier molecular flexibility index (Phi) is 10.2. The Hall–Kier alpha value is -5.30. The van der Waals surface area contributed by atoms with Crippen molar-refractivity contribution < 1.29 is 17.9 Å². The molecular formula is C38H36ClN7O4S. The molecular weight excluding hydrogens is 686 g/mol. The van der Waals surface area contributed by atoms with Gasteiger partial charge in [0.2, 0.25) is 5.95 Å². The molecule has 7 rings (SSSR count). The maximum atomic E-state index is 13.7. The fourth-order valence-electron chi connectivity index (χ4n) is 6.29. The number of rotatable bonds is 11. The van der Waals surface area contributed by atoms with E-state index in [-0.39, 0.29) is 23.6 Å². The van der Waals surface area contributed by atoms with Crippen LogP contribution in [0.5, 0.6) is 0 Å². The predicted molar refractivity (Wildman–Crippen MR) is 198 cm³/mol. The molecule has 51 heavy (non-hydrogen) atoms. The minimum Gasteiger partial charge on any atom is -0.444 e. The summed E-state index contributed by atoms with van der Waals surface area (Å²) in [5.74, 6) is 0.426. The van der Waals surface area contributed by atoms with Crippen molar-refractivity contribution in [3.8, 4) is 11.3 Å². The van der Waals surface area contributed by atoms with E-state index in [1.807, 2.05) is 54.6 Å². The fourth-order valence-corrected chi connectivity index (χ4v) is 7.87. The SMILES string of the molecule is O=C(Nc1ccc(CN[C@H]2CCC[C@@H](Nc3ncc(Cl)c(-c4cn(S(=O)(=O)c5ccccc5)c5ccccc45)n3)C2)nc1)OCc1ccccc1. The van der Waals surface area contributed by atoms with Gasteiger partial charge in [-0.05, 0) is 61.6 Å². The van der Waals surface area contributed by atoms with Gasteiger partial charge in [0.05, 0.1) is 44.9 Å². The van der Waals surface area contributed by atoms with Gasteiger partial charge >= 0.3 is 6.09 Å². The molecule has 0 aliphatic heterocycles. The Balaban J connectivity index is 0.980. The van der Waals surface area contributed by atoms with Gasteiger partial charge in [0.1, 0.15) is 6.61 Å². The summed E-state index contributed by atoms with van der Waals surface area (Å²) in [7, 11) is -3.87. The van der Waals surface area contributed by atoms with E-state index in [4.69, 9.17) is 21.3 Å². The van der Waals surface area contributed by atoms with Crippen molar-refractivity contribution in [3.05, 3.63) is 132 Å². The zero-order valence-corrected chi connectivity index (χ0v) is 29.1. The number of benzene rings is 3. The van der Waals surface area contributed by atoms with Crippen molar-refractivity contribution >= 4 is 50.3 Å². The number of anilines is 2. The van der Waals surface area contributed by atoms with E-state index in [1.165, 1.54) is 3.97 Å². The van der Waals surface area contributed by atoms with Gasteiger partial charge in [-0.1, -0.05) is 78.3 Å². The number of nitrogens with zero attached hydrogens (tertiary/aromatic N) is 4. The number of fused-ring (bicyclic) bond motifs is 1. The smallest absolute Gasteiger partial charge is 0.412 e. The zero-order chi connectivity index (χ0) is 35.2. The highest BCUT2D eigenvalue weighted by molar-refractivity contribution is 7.90. The Morgan fingerprint density at radius 1 is 0.882 bits per heavy atom. The molecule has 3 heterocycles. The lowest BCUT2D eigenvalue weighted by Crippen LogP contribution is -2.39. The maximum Gasteiger partial charge on any atom is 0.412 e. The van der Waals surface area contributed by atoms with Crippen molar-refractivity contribution in [2.45, 2.75) is 55.8 Å². The van der Waals surface area contributed by atoms with Crippen LogP contribution in [-0.2, 0) is 27.9 Å². The number of hydrogen-bond donors (Lipinski definition) is 3. The monoisotopic (exact) mass is 721 g/mol. The molecule has 1 aliphatic carbocycles. The summed E-state index contributed by atoms with van der Waals surface area (Å²) in [6, 6.07) is 29.2. The highest BCUT2D eigenvalue weighted by Gasteiger charge is 2.25. The number of carbonyl (C=O) groups is 1. The first kappa shape index (κ1) is 34.2. The second-order valence-electron chi connectivity index (χ2n) is 12.4. The number of ether oxygens (including phenoxy) is 1. The van der Waals surface area contributed by atoms with Crippen molar-refractivity contribution in [2.75, 3.05) is 10.6 Å². The molecule has 260 valence electrons. The molecule has 13 heteroatoms. The molecule has 1 aliphatic rings. The van der Waals surface area contributed by atoms with Gasteiger partial charge in [0.25, 0.3) is 10.0 Å². The Morgan fingerprint density at radius 3 is 2.41 bits per heavy atom. The number of pyridine rings is 1. The molecule has 0 spiro atoms. The molecule has 1 fully saturated rings. The largest absolute Gasteiger partial charge is 0.444 e. The average molecular weight is 722 g/mol. The Morgan fingerprint density at radius 2 is 1.63 bits per heavy atom. The number of aromatic nitrogens is 4. The molecule has 0 saturated heterocycles. The molecule has 3 aromatic heterocycles. The van der Waals surface area contributed by atoms with Crippen molar-refractivity contribution in [1.82, 2.24) is 24.2 Å². The van der Waals surface area contributed by atoms with E-state index < -0.39 is 16.1 Å². The maximum absolute atomic E-state index is 13.7. The molecule has 0 unspecified atom stereocenters. The summed E-state index contributed by atoms with van der Waals surface area (Å²) in [5.41, 5.74) is 3.91. The normalized spacial score (nSPS) is 16.1. The molecule has 1 saturated carbocycles. The van der Waals surface area contributed by atoms with Gasteiger partial charge in [-0.2, -0.15) is 0 Å². The molecule has 2 atom stereocenters. The number of para-hydroxylation sites is 1. The minimum absolute atomic E-state index is 0.117. The van der Waals surface area contributed by atoms with Crippen molar-refractivity contribution in [2.24, 2.45) is 0 Å². The summed E-state index contributed by atoms with van der Waals surface area (Å²) in [4.78, 5) is 26.2. The van der Waals surface area contributed by atoms with Crippen molar-refractivity contribution in [3.63, 3.8) is 0 Å². The first-order valence-corrected chi connectivity index (χ1v) is 18.5. The quantitative estimate of drug-likeness (QED) is 0.123. The van der Waals surface area contributed by atoms with E-state index in [2.05, 4.69) is 25.9 Å². The highest BCUT2D eigenvalue weighted by atomic mass is 35.5. The van der Waals surface area contributed by atoms with Crippen LogP contribution in [0, 0.1) is 0 Å². The van der Waals surface area contributed by atoms with Gasteiger partial charge in [-0.3, -0.25) is 10.3 Å². The minimum atomic E-state index is -3.87. The highest BCUT2D eigenvalue weighted by Crippen LogP contribution is 2.36. The molecule has 11 nitrogen and oxygen atoms in total. The van der Waals surface area contributed by atoms with Gasteiger partial charge < -0.3 is 15.4 Å². The summed E-state index contributed by atoms with van der Waals surface area (Å²) in [5, 5.41) is 10.9. The Bertz CT molecular complexity index is 2230. The summed E-state index contributed by atoms with van der Waals surface area (Å²) in [6.45, 7) is 0.769. The van der Waals surface area contributed by atoms with Crippen LogP contribution in [0.4, 0.5) is 16.4 Å². The van der Waals surface area contributed by atoms with Gasteiger partial charge in [0, 0.05) is 35.8 Å². The molecule has 0 bridgehead atoms.